The van der Waals surface area contributed by atoms with Crippen molar-refractivity contribution >= 4 is 17.5 Å². The monoisotopic (exact) mass is 291 g/mol. The van der Waals surface area contributed by atoms with E-state index < -0.39 is 0 Å². The van der Waals surface area contributed by atoms with Gasteiger partial charge in [-0.3, -0.25) is 4.79 Å². The van der Waals surface area contributed by atoms with Gasteiger partial charge >= 0.3 is 0 Å². The van der Waals surface area contributed by atoms with Crippen LogP contribution in [0, 0.1) is 12.8 Å². The highest BCUT2D eigenvalue weighted by molar-refractivity contribution is 5.78. The molecule has 0 radical (unpaired) electrons. The summed E-state index contributed by atoms with van der Waals surface area (Å²) in [5.74, 6) is 2.40. The molecule has 1 aliphatic heterocycles. The topological polar surface area (TPSA) is 84.1 Å². The Morgan fingerprint density at radius 1 is 1.43 bits per heavy atom. The molecule has 1 saturated heterocycles. The standard InChI is InChI=1S/C15H25N5O/c1-4-6-12-18-14(17-5-2)10(3)15(19-12)20-8-7-11(9-20)13(16)21/h11H,4-9H2,1-3H3,(H2,16,21)(H,17,18,19). The molecule has 3 N–H and O–H groups in total. The summed E-state index contributed by atoms with van der Waals surface area (Å²) < 4.78 is 0. The third kappa shape index (κ3) is 3.43. The van der Waals surface area contributed by atoms with Crippen molar-refractivity contribution in [1.29, 1.82) is 0 Å². The van der Waals surface area contributed by atoms with E-state index in [4.69, 9.17) is 10.7 Å². The fraction of sp³-hybridized carbons (Fsp3) is 0.667. The third-order valence-corrected chi connectivity index (χ3v) is 3.87. The average Bonchev–Trinajstić information content (AvgIpc) is 2.92. The van der Waals surface area contributed by atoms with Crippen LogP contribution in [-0.4, -0.2) is 35.5 Å². The van der Waals surface area contributed by atoms with Crippen LogP contribution in [-0.2, 0) is 11.2 Å². The lowest BCUT2D eigenvalue weighted by atomic mass is 10.1. The van der Waals surface area contributed by atoms with Gasteiger partial charge in [0.25, 0.3) is 0 Å². The van der Waals surface area contributed by atoms with Crippen LogP contribution in [0.15, 0.2) is 0 Å². The van der Waals surface area contributed by atoms with Gasteiger partial charge in [0.2, 0.25) is 5.91 Å². The molecule has 1 fully saturated rings. The molecule has 0 bridgehead atoms. The zero-order valence-electron chi connectivity index (χ0n) is 13.1. The maximum absolute atomic E-state index is 11.4. The van der Waals surface area contributed by atoms with E-state index in [1.54, 1.807) is 0 Å². The van der Waals surface area contributed by atoms with Gasteiger partial charge in [-0.25, -0.2) is 9.97 Å². The SMILES string of the molecule is CCCc1nc(NCC)c(C)c(N2CCC(C(N)=O)C2)n1. The molecule has 1 amide bonds. The minimum Gasteiger partial charge on any atom is -0.370 e. The Morgan fingerprint density at radius 2 is 2.19 bits per heavy atom. The lowest BCUT2D eigenvalue weighted by molar-refractivity contribution is -0.121. The molecule has 1 atom stereocenters. The van der Waals surface area contributed by atoms with Crippen LogP contribution in [0.1, 0.15) is 38.1 Å². The Bertz CT molecular complexity index is 517. The second-order valence-corrected chi connectivity index (χ2v) is 5.55. The van der Waals surface area contributed by atoms with Gasteiger partial charge in [-0.2, -0.15) is 0 Å². The normalized spacial score (nSPS) is 18.0. The number of hydrogen-bond acceptors (Lipinski definition) is 5. The molecule has 116 valence electrons. The van der Waals surface area contributed by atoms with Gasteiger partial charge in [-0.1, -0.05) is 6.92 Å². The zero-order chi connectivity index (χ0) is 15.4. The van der Waals surface area contributed by atoms with Crippen molar-refractivity contribution in [2.24, 2.45) is 11.7 Å². The fourth-order valence-electron chi connectivity index (χ4n) is 2.72. The van der Waals surface area contributed by atoms with E-state index in [9.17, 15) is 4.79 Å². The predicted octanol–water partition coefficient (Wildman–Crippen LogP) is 1.48. The second kappa shape index (κ2) is 6.74. The molecule has 1 aromatic rings. The summed E-state index contributed by atoms with van der Waals surface area (Å²) in [6, 6.07) is 0. The molecule has 0 aliphatic carbocycles. The summed E-state index contributed by atoms with van der Waals surface area (Å²) in [7, 11) is 0. The summed E-state index contributed by atoms with van der Waals surface area (Å²) >= 11 is 0. The molecule has 1 unspecified atom stereocenters. The maximum atomic E-state index is 11.4. The summed E-state index contributed by atoms with van der Waals surface area (Å²) in [5, 5.41) is 3.30. The van der Waals surface area contributed by atoms with Crippen molar-refractivity contribution in [3.8, 4) is 0 Å². The van der Waals surface area contributed by atoms with E-state index in [0.29, 0.717) is 6.54 Å². The van der Waals surface area contributed by atoms with Crippen molar-refractivity contribution in [2.45, 2.75) is 40.0 Å². The molecule has 1 aromatic heterocycles. The lowest BCUT2D eigenvalue weighted by Crippen LogP contribution is -2.28. The van der Waals surface area contributed by atoms with Gasteiger partial charge in [-0.05, 0) is 26.7 Å². The summed E-state index contributed by atoms with van der Waals surface area (Å²) in [6.07, 6.45) is 2.68. The minimum atomic E-state index is -0.218. The van der Waals surface area contributed by atoms with Gasteiger partial charge in [0.15, 0.2) is 0 Å². The van der Waals surface area contributed by atoms with Crippen molar-refractivity contribution in [2.75, 3.05) is 29.9 Å². The highest BCUT2D eigenvalue weighted by Gasteiger charge is 2.29. The number of carbonyl (C=O) groups excluding carboxylic acids is 1. The van der Waals surface area contributed by atoms with Crippen LogP contribution in [0.4, 0.5) is 11.6 Å². The van der Waals surface area contributed by atoms with Crippen molar-refractivity contribution in [3.63, 3.8) is 0 Å². The molecule has 6 heteroatoms. The van der Waals surface area contributed by atoms with Gasteiger partial charge in [0.1, 0.15) is 17.5 Å². The quantitative estimate of drug-likeness (QED) is 0.829. The zero-order valence-corrected chi connectivity index (χ0v) is 13.1. The molecule has 0 saturated carbocycles. The number of rotatable bonds is 6. The maximum Gasteiger partial charge on any atom is 0.222 e. The van der Waals surface area contributed by atoms with Gasteiger partial charge in [0.05, 0.1) is 5.92 Å². The molecule has 2 rings (SSSR count). The summed E-state index contributed by atoms with van der Waals surface area (Å²) in [6.45, 7) is 8.51. The number of hydrogen-bond donors (Lipinski definition) is 2. The van der Waals surface area contributed by atoms with Gasteiger partial charge in [-0.15, -0.1) is 0 Å². The fourth-order valence-corrected chi connectivity index (χ4v) is 2.72. The van der Waals surface area contributed by atoms with E-state index in [-0.39, 0.29) is 11.8 Å². The summed E-state index contributed by atoms with van der Waals surface area (Å²) in [4.78, 5) is 22.8. The number of aromatic nitrogens is 2. The second-order valence-electron chi connectivity index (χ2n) is 5.55. The van der Waals surface area contributed by atoms with E-state index >= 15 is 0 Å². The molecule has 2 heterocycles. The highest BCUT2D eigenvalue weighted by Crippen LogP contribution is 2.28. The number of nitrogens with two attached hydrogens (primary N) is 1. The summed E-state index contributed by atoms with van der Waals surface area (Å²) in [5.41, 5.74) is 6.46. The van der Waals surface area contributed by atoms with E-state index in [0.717, 1.165) is 55.4 Å². The van der Waals surface area contributed by atoms with Crippen molar-refractivity contribution in [1.82, 2.24) is 9.97 Å². The molecular weight excluding hydrogens is 266 g/mol. The number of nitrogens with one attached hydrogen (secondary N) is 1. The largest absolute Gasteiger partial charge is 0.370 e. The Morgan fingerprint density at radius 3 is 2.76 bits per heavy atom. The minimum absolute atomic E-state index is 0.0726. The molecule has 6 nitrogen and oxygen atoms in total. The Labute approximate surface area is 126 Å². The van der Waals surface area contributed by atoms with Crippen molar-refractivity contribution in [3.05, 3.63) is 11.4 Å². The number of carbonyl (C=O) groups is 1. The van der Waals surface area contributed by atoms with Crippen LogP contribution in [0.5, 0.6) is 0 Å². The first-order valence-corrected chi connectivity index (χ1v) is 7.72. The van der Waals surface area contributed by atoms with Crippen LogP contribution >= 0.6 is 0 Å². The van der Waals surface area contributed by atoms with Crippen molar-refractivity contribution < 1.29 is 4.79 Å². The first-order valence-electron chi connectivity index (χ1n) is 7.72. The van der Waals surface area contributed by atoms with Crippen LogP contribution < -0.4 is 16.0 Å². The number of nitrogens with zero attached hydrogens (tertiary/aromatic N) is 3. The van der Waals surface area contributed by atoms with E-state index in [1.165, 1.54) is 0 Å². The number of primary amides is 1. The molecular formula is C15H25N5O. The molecule has 21 heavy (non-hydrogen) atoms. The van der Waals surface area contributed by atoms with Crippen LogP contribution in [0.3, 0.4) is 0 Å². The highest BCUT2D eigenvalue weighted by atomic mass is 16.1. The third-order valence-electron chi connectivity index (χ3n) is 3.87. The van der Waals surface area contributed by atoms with Crippen LogP contribution in [0.2, 0.25) is 0 Å². The smallest absolute Gasteiger partial charge is 0.222 e. The van der Waals surface area contributed by atoms with Crippen LogP contribution in [0.25, 0.3) is 0 Å². The first-order chi connectivity index (χ1) is 10.1. The Kier molecular flexibility index (Phi) is 4.98. The van der Waals surface area contributed by atoms with E-state index in [2.05, 4.69) is 29.0 Å². The lowest BCUT2D eigenvalue weighted by Gasteiger charge is -2.22. The predicted molar refractivity (Wildman–Crippen MR) is 84.4 cm³/mol. The first kappa shape index (κ1) is 15.5. The van der Waals surface area contributed by atoms with Gasteiger partial charge < -0.3 is 16.0 Å². The number of amides is 1. The van der Waals surface area contributed by atoms with E-state index in [1.807, 2.05) is 6.92 Å². The number of aryl methyl sites for hydroxylation is 1. The average molecular weight is 291 g/mol. The van der Waals surface area contributed by atoms with Gasteiger partial charge in [0, 0.05) is 31.6 Å². The molecule has 1 aliphatic rings. The number of anilines is 2. The molecule has 0 spiro atoms. The Balaban J connectivity index is 2.31. The molecule has 0 aromatic carbocycles. The Hall–Kier alpha value is -1.85.